The van der Waals surface area contributed by atoms with Gasteiger partial charge in [0.2, 0.25) is 0 Å². The van der Waals surface area contributed by atoms with Gasteiger partial charge in [0.25, 0.3) is 0 Å². The first-order valence-corrected chi connectivity index (χ1v) is 9.91. The number of benzene rings is 1. The number of guanidine groups is 1. The van der Waals surface area contributed by atoms with Crippen LogP contribution >= 0.6 is 51.2 Å². The zero-order valence-corrected chi connectivity index (χ0v) is 20.4. The van der Waals surface area contributed by atoms with Crippen LogP contribution in [0, 0.1) is 6.92 Å². The Bertz CT molecular complexity index is 780. The number of carbonyl (C=O) groups excluding carboxylic acids is 1. The molecule has 1 aromatic carbocycles. The van der Waals surface area contributed by atoms with E-state index >= 15 is 0 Å². The number of carbonyl (C=O) groups is 1. The molecule has 1 aromatic heterocycles. The molecule has 0 bridgehead atoms. The van der Waals surface area contributed by atoms with E-state index in [4.69, 9.17) is 4.74 Å². The number of ether oxygens (including phenoxy) is 1. The Morgan fingerprint density at radius 2 is 2.04 bits per heavy atom. The largest absolute Gasteiger partial charge is 0.462 e. The molecule has 1 atom stereocenters. The fraction of sp³-hybridized carbons (Fsp3) is 0.389. The van der Waals surface area contributed by atoms with Gasteiger partial charge in [-0.3, -0.25) is 4.99 Å². The van der Waals surface area contributed by atoms with Gasteiger partial charge in [-0.25, -0.2) is 9.78 Å². The summed E-state index contributed by atoms with van der Waals surface area (Å²) in [5, 5.41) is 7.40. The fourth-order valence-corrected chi connectivity index (χ4v) is 3.47. The molecule has 1 heterocycles. The van der Waals surface area contributed by atoms with Gasteiger partial charge in [0.05, 0.1) is 18.3 Å². The molecule has 2 aromatic rings. The molecule has 0 spiro atoms. The number of esters is 1. The summed E-state index contributed by atoms with van der Waals surface area (Å²) in [6.45, 7) is 6.61. The maximum atomic E-state index is 12.0. The summed E-state index contributed by atoms with van der Waals surface area (Å²) < 4.78 is 6.12. The van der Waals surface area contributed by atoms with Crippen LogP contribution in [0.2, 0.25) is 0 Å². The van der Waals surface area contributed by atoms with Crippen molar-refractivity contribution in [3.05, 3.63) is 49.9 Å². The summed E-state index contributed by atoms with van der Waals surface area (Å²) in [7, 11) is 1.72. The minimum absolute atomic E-state index is 0. The molecule has 27 heavy (non-hydrogen) atoms. The topological polar surface area (TPSA) is 75.6 Å². The first-order valence-electron chi connectivity index (χ1n) is 8.30. The van der Waals surface area contributed by atoms with Gasteiger partial charge in [-0.1, -0.05) is 28.1 Å². The van der Waals surface area contributed by atoms with Crippen LogP contribution in [0.15, 0.2) is 33.7 Å². The Morgan fingerprint density at radius 1 is 1.37 bits per heavy atom. The zero-order chi connectivity index (χ0) is 19.1. The smallest absolute Gasteiger partial charge is 0.350 e. The Kier molecular flexibility index (Phi) is 10.2. The van der Waals surface area contributed by atoms with E-state index in [1.54, 1.807) is 14.0 Å². The molecule has 0 amide bonds. The van der Waals surface area contributed by atoms with Gasteiger partial charge in [-0.05, 0) is 38.5 Å². The lowest BCUT2D eigenvalue weighted by atomic mass is 10.2. The van der Waals surface area contributed by atoms with Crippen LogP contribution in [0.3, 0.4) is 0 Å². The fourth-order valence-electron chi connectivity index (χ4n) is 2.24. The van der Waals surface area contributed by atoms with Gasteiger partial charge in [0, 0.05) is 18.1 Å². The number of hydrogen-bond acceptors (Lipinski definition) is 5. The summed E-state index contributed by atoms with van der Waals surface area (Å²) in [4.78, 5) is 21.2. The summed E-state index contributed by atoms with van der Waals surface area (Å²) in [5.74, 6) is 0.352. The second-order valence-electron chi connectivity index (χ2n) is 5.61. The van der Waals surface area contributed by atoms with Crippen molar-refractivity contribution in [2.24, 2.45) is 4.99 Å². The van der Waals surface area contributed by atoms with Gasteiger partial charge < -0.3 is 15.4 Å². The third-order valence-corrected chi connectivity index (χ3v) is 5.44. The lowest BCUT2D eigenvalue weighted by Gasteiger charge is -2.16. The van der Waals surface area contributed by atoms with Crippen molar-refractivity contribution in [2.45, 2.75) is 33.4 Å². The number of nitrogens with one attached hydrogen (secondary N) is 2. The molecule has 148 valence electrons. The maximum Gasteiger partial charge on any atom is 0.350 e. The molecule has 2 rings (SSSR count). The zero-order valence-electron chi connectivity index (χ0n) is 15.7. The van der Waals surface area contributed by atoms with Crippen LogP contribution in [0.5, 0.6) is 0 Å². The first kappa shape index (κ1) is 23.8. The second kappa shape index (κ2) is 11.6. The highest BCUT2D eigenvalue weighted by molar-refractivity contribution is 14.0. The third-order valence-electron chi connectivity index (χ3n) is 3.59. The van der Waals surface area contributed by atoms with Gasteiger partial charge in [0.15, 0.2) is 5.96 Å². The average molecular weight is 567 g/mol. The second-order valence-corrected chi connectivity index (χ2v) is 7.55. The van der Waals surface area contributed by atoms with Crippen LogP contribution in [0.25, 0.3) is 0 Å². The molecular weight excluding hydrogens is 543 g/mol. The maximum absolute atomic E-state index is 12.0. The van der Waals surface area contributed by atoms with Gasteiger partial charge >= 0.3 is 5.97 Å². The molecule has 0 saturated heterocycles. The molecule has 0 aliphatic heterocycles. The van der Waals surface area contributed by atoms with E-state index in [0.29, 0.717) is 29.7 Å². The normalized spacial score (nSPS) is 12.1. The Labute approximate surface area is 189 Å². The van der Waals surface area contributed by atoms with E-state index < -0.39 is 0 Å². The molecule has 0 radical (unpaired) electrons. The SMILES string of the molecule is CCOC(=O)c1sc(C(C)NC(=NC)NCc2ccc(Br)cc2)nc1C.I. The number of halogens is 2. The van der Waals surface area contributed by atoms with Crippen molar-refractivity contribution < 1.29 is 9.53 Å². The lowest BCUT2D eigenvalue weighted by molar-refractivity contribution is 0.0531. The quantitative estimate of drug-likeness (QED) is 0.234. The minimum Gasteiger partial charge on any atom is -0.462 e. The molecule has 2 N–H and O–H groups in total. The summed E-state index contributed by atoms with van der Waals surface area (Å²) in [6.07, 6.45) is 0. The highest BCUT2D eigenvalue weighted by Gasteiger charge is 2.20. The Morgan fingerprint density at radius 3 is 2.63 bits per heavy atom. The average Bonchev–Trinajstić information content (AvgIpc) is 3.02. The molecule has 0 aliphatic carbocycles. The van der Waals surface area contributed by atoms with Gasteiger partial charge in [-0.15, -0.1) is 35.3 Å². The van der Waals surface area contributed by atoms with E-state index in [-0.39, 0.29) is 36.0 Å². The van der Waals surface area contributed by atoms with Gasteiger partial charge in [0.1, 0.15) is 9.88 Å². The number of rotatable bonds is 6. The van der Waals surface area contributed by atoms with Crippen molar-refractivity contribution in [1.29, 1.82) is 0 Å². The number of aliphatic imine (C=N–C) groups is 1. The Hall–Kier alpha value is -1.20. The van der Waals surface area contributed by atoms with Crippen molar-refractivity contribution in [2.75, 3.05) is 13.7 Å². The number of aryl methyl sites for hydroxylation is 1. The minimum atomic E-state index is -0.321. The number of aromatic nitrogens is 1. The van der Waals surface area contributed by atoms with Crippen LogP contribution in [-0.4, -0.2) is 30.6 Å². The predicted molar refractivity (Wildman–Crippen MR) is 124 cm³/mol. The summed E-state index contributed by atoms with van der Waals surface area (Å²) in [6, 6.07) is 8.02. The van der Waals surface area contributed by atoms with Crippen LogP contribution in [-0.2, 0) is 11.3 Å². The standard InChI is InChI=1S/C18H23BrN4O2S.HI/c1-5-25-17(24)15-11(2)22-16(26-15)12(3)23-18(20-4)21-10-13-6-8-14(19)9-7-13;/h6-9,12H,5,10H2,1-4H3,(H2,20,21,23);1H. The summed E-state index contributed by atoms with van der Waals surface area (Å²) in [5.41, 5.74) is 1.84. The highest BCUT2D eigenvalue weighted by Crippen LogP contribution is 2.24. The molecular formula is C18H24BrIN4O2S. The van der Waals surface area contributed by atoms with Crippen LogP contribution in [0.4, 0.5) is 0 Å². The molecule has 6 nitrogen and oxygen atoms in total. The lowest BCUT2D eigenvalue weighted by Crippen LogP contribution is -2.38. The third kappa shape index (κ3) is 7.04. The van der Waals surface area contributed by atoms with Crippen molar-refractivity contribution in [1.82, 2.24) is 15.6 Å². The Balaban J connectivity index is 0.00000364. The molecule has 9 heteroatoms. The van der Waals surface area contributed by atoms with E-state index in [9.17, 15) is 4.79 Å². The monoisotopic (exact) mass is 566 g/mol. The number of nitrogens with zero attached hydrogens (tertiary/aromatic N) is 2. The van der Waals surface area contributed by atoms with Crippen LogP contribution < -0.4 is 10.6 Å². The number of hydrogen-bond donors (Lipinski definition) is 2. The summed E-state index contributed by atoms with van der Waals surface area (Å²) >= 11 is 4.78. The highest BCUT2D eigenvalue weighted by atomic mass is 127. The molecule has 0 aliphatic rings. The molecule has 1 unspecified atom stereocenters. The van der Waals surface area contributed by atoms with E-state index in [2.05, 4.69) is 36.5 Å². The van der Waals surface area contributed by atoms with E-state index in [1.807, 2.05) is 38.1 Å². The van der Waals surface area contributed by atoms with E-state index in [0.717, 1.165) is 15.0 Å². The molecule has 0 fully saturated rings. The van der Waals surface area contributed by atoms with E-state index in [1.165, 1.54) is 11.3 Å². The van der Waals surface area contributed by atoms with Crippen molar-refractivity contribution in [3.63, 3.8) is 0 Å². The van der Waals surface area contributed by atoms with Crippen molar-refractivity contribution in [3.8, 4) is 0 Å². The van der Waals surface area contributed by atoms with Crippen LogP contribution in [0.1, 0.15) is 45.8 Å². The first-order chi connectivity index (χ1) is 12.4. The predicted octanol–water partition coefficient (Wildman–Crippen LogP) is 4.43. The molecule has 0 saturated carbocycles. The van der Waals surface area contributed by atoms with Gasteiger partial charge in [-0.2, -0.15) is 0 Å². The van der Waals surface area contributed by atoms with Crippen molar-refractivity contribution >= 4 is 63.2 Å². The number of thiazole rings is 1.